The van der Waals surface area contributed by atoms with Crippen molar-refractivity contribution in [3.05, 3.63) is 74.9 Å². The van der Waals surface area contributed by atoms with Gasteiger partial charge in [-0.2, -0.15) is 0 Å². The number of thiophene rings is 1. The standard InChI is InChI=1S/C24H22N2O3S/c1-28-19-13-16(11-12-18(19)29-14-15-7-3-2-4-8-15)22-25-23(27)21-17-9-5-6-10-20(17)30-24(21)26-22/h2-4,7-8,11-13H,5-6,9-10,14H2,1H3,(H,25,26,27). The highest BCUT2D eigenvalue weighted by atomic mass is 32.1. The Morgan fingerprint density at radius 1 is 1.07 bits per heavy atom. The second kappa shape index (κ2) is 7.95. The lowest BCUT2D eigenvalue weighted by atomic mass is 9.97. The molecule has 5 nitrogen and oxygen atoms in total. The molecule has 0 fully saturated rings. The van der Waals surface area contributed by atoms with Gasteiger partial charge in [0.05, 0.1) is 12.5 Å². The van der Waals surface area contributed by atoms with Crippen molar-refractivity contribution in [2.75, 3.05) is 7.11 Å². The minimum atomic E-state index is -0.0576. The molecule has 2 heterocycles. The van der Waals surface area contributed by atoms with E-state index in [0.717, 1.165) is 40.6 Å². The van der Waals surface area contributed by atoms with E-state index in [4.69, 9.17) is 14.5 Å². The fourth-order valence-corrected chi connectivity index (χ4v) is 5.23. The van der Waals surface area contributed by atoms with Gasteiger partial charge >= 0.3 is 0 Å². The Hall–Kier alpha value is -3.12. The van der Waals surface area contributed by atoms with Gasteiger partial charge in [0.1, 0.15) is 17.3 Å². The molecule has 4 aromatic rings. The molecule has 152 valence electrons. The lowest BCUT2D eigenvalue weighted by Gasteiger charge is -2.12. The van der Waals surface area contributed by atoms with Crippen LogP contribution in [-0.2, 0) is 19.4 Å². The van der Waals surface area contributed by atoms with Gasteiger partial charge in [-0.25, -0.2) is 4.98 Å². The Bertz CT molecular complexity index is 1260. The summed E-state index contributed by atoms with van der Waals surface area (Å²) in [6.07, 6.45) is 4.35. The van der Waals surface area contributed by atoms with E-state index in [1.807, 2.05) is 48.5 Å². The number of H-pyrrole nitrogens is 1. The minimum absolute atomic E-state index is 0.0576. The Morgan fingerprint density at radius 3 is 2.73 bits per heavy atom. The van der Waals surface area contributed by atoms with Crippen LogP contribution in [0.1, 0.15) is 28.8 Å². The third-order valence-corrected chi connectivity index (χ3v) is 6.68. The van der Waals surface area contributed by atoms with Crippen LogP contribution in [0.4, 0.5) is 0 Å². The number of ether oxygens (including phenoxy) is 2. The van der Waals surface area contributed by atoms with Crippen LogP contribution in [0.25, 0.3) is 21.6 Å². The molecule has 0 spiro atoms. The first kappa shape index (κ1) is 18.9. The number of aryl methyl sites for hydroxylation is 2. The van der Waals surface area contributed by atoms with Crippen LogP contribution in [0, 0.1) is 0 Å². The van der Waals surface area contributed by atoms with Gasteiger partial charge in [-0.1, -0.05) is 30.3 Å². The smallest absolute Gasteiger partial charge is 0.260 e. The number of nitrogens with one attached hydrogen (secondary N) is 1. The average Bonchev–Trinajstić information content (AvgIpc) is 3.17. The van der Waals surface area contributed by atoms with Gasteiger partial charge in [-0.05, 0) is 55.0 Å². The van der Waals surface area contributed by atoms with E-state index in [0.29, 0.717) is 23.9 Å². The molecule has 0 atom stereocenters. The maximum Gasteiger partial charge on any atom is 0.260 e. The second-order valence-electron chi connectivity index (χ2n) is 7.45. The Morgan fingerprint density at radius 2 is 1.90 bits per heavy atom. The van der Waals surface area contributed by atoms with E-state index in [1.54, 1.807) is 18.4 Å². The van der Waals surface area contributed by atoms with E-state index in [2.05, 4.69) is 4.98 Å². The fourth-order valence-electron chi connectivity index (χ4n) is 3.97. The van der Waals surface area contributed by atoms with Crippen molar-refractivity contribution in [2.45, 2.75) is 32.3 Å². The summed E-state index contributed by atoms with van der Waals surface area (Å²) in [6, 6.07) is 15.6. The molecule has 5 rings (SSSR count). The lowest BCUT2D eigenvalue weighted by Crippen LogP contribution is -2.11. The maximum absolute atomic E-state index is 12.8. The molecular weight excluding hydrogens is 396 g/mol. The first-order chi connectivity index (χ1) is 14.7. The van der Waals surface area contributed by atoms with Crippen molar-refractivity contribution >= 4 is 21.6 Å². The molecule has 1 N–H and O–H groups in total. The quantitative estimate of drug-likeness (QED) is 0.489. The van der Waals surface area contributed by atoms with Crippen LogP contribution < -0.4 is 15.0 Å². The summed E-state index contributed by atoms with van der Waals surface area (Å²) in [7, 11) is 1.61. The minimum Gasteiger partial charge on any atom is -0.493 e. The first-order valence-electron chi connectivity index (χ1n) is 10.1. The number of benzene rings is 2. The topological polar surface area (TPSA) is 64.2 Å². The zero-order valence-corrected chi connectivity index (χ0v) is 17.6. The molecule has 0 unspecified atom stereocenters. The number of aromatic nitrogens is 2. The average molecular weight is 419 g/mol. The molecule has 2 aromatic heterocycles. The number of rotatable bonds is 5. The lowest BCUT2D eigenvalue weighted by molar-refractivity contribution is 0.284. The van der Waals surface area contributed by atoms with Crippen LogP contribution in [-0.4, -0.2) is 17.1 Å². The molecule has 30 heavy (non-hydrogen) atoms. The molecule has 0 amide bonds. The monoisotopic (exact) mass is 418 g/mol. The van der Waals surface area contributed by atoms with Crippen LogP contribution in [0.2, 0.25) is 0 Å². The highest BCUT2D eigenvalue weighted by molar-refractivity contribution is 7.18. The molecule has 0 aliphatic heterocycles. The number of fused-ring (bicyclic) bond motifs is 3. The van der Waals surface area contributed by atoms with Gasteiger partial charge in [0.15, 0.2) is 11.5 Å². The van der Waals surface area contributed by atoms with Gasteiger partial charge < -0.3 is 14.5 Å². The Kier molecular flexibility index (Phi) is 5.01. The molecule has 2 aromatic carbocycles. The summed E-state index contributed by atoms with van der Waals surface area (Å²) >= 11 is 1.65. The van der Waals surface area contributed by atoms with Gasteiger partial charge in [0, 0.05) is 10.4 Å². The summed E-state index contributed by atoms with van der Waals surface area (Å²) in [5.74, 6) is 1.82. The van der Waals surface area contributed by atoms with Crippen LogP contribution in [0.5, 0.6) is 11.5 Å². The largest absolute Gasteiger partial charge is 0.493 e. The van der Waals surface area contributed by atoms with Gasteiger partial charge in [-0.15, -0.1) is 11.3 Å². The van der Waals surface area contributed by atoms with Crippen molar-refractivity contribution in [3.63, 3.8) is 0 Å². The molecule has 0 radical (unpaired) electrons. The van der Waals surface area contributed by atoms with Crippen molar-refractivity contribution in [3.8, 4) is 22.9 Å². The Labute approximate surface area is 178 Å². The highest BCUT2D eigenvalue weighted by Crippen LogP contribution is 2.36. The summed E-state index contributed by atoms with van der Waals surface area (Å²) in [4.78, 5) is 22.7. The summed E-state index contributed by atoms with van der Waals surface area (Å²) in [5, 5.41) is 0.772. The van der Waals surface area contributed by atoms with Gasteiger partial charge in [0.2, 0.25) is 0 Å². The Balaban J connectivity index is 1.48. The predicted octanol–water partition coefficient (Wildman–Crippen LogP) is 5.12. The molecular formula is C24H22N2O3S. The van der Waals surface area contributed by atoms with Crippen molar-refractivity contribution < 1.29 is 9.47 Å². The fraction of sp³-hybridized carbons (Fsp3) is 0.250. The number of nitrogens with zero attached hydrogens (tertiary/aromatic N) is 1. The summed E-state index contributed by atoms with van der Waals surface area (Å²) < 4.78 is 11.5. The molecule has 0 saturated heterocycles. The SMILES string of the molecule is COc1cc(-c2nc3sc4c(c3c(=O)[nH]2)CCCC4)ccc1OCc1ccccc1. The molecule has 6 heteroatoms. The third-order valence-electron chi connectivity index (χ3n) is 5.50. The third kappa shape index (κ3) is 3.48. The van der Waals surface area contributed by atoms with Crippen LogP contribution in [0.3, 0.4) is 0 Å². The first-order valence-corrected chi connectivity index (χ1v) is 10.9. The van der Waals surface area contributed by atoms with Gasteiger partial charge in [0.25, 0.3) is 5.56 Å². The molecule has 0 bridgehead atoms. The van der Waals surface area contributed by atoms with Crippen LogP contribution >= 0.6 is 11.3 Å². The number of methoxy groups -OCH3 is 1. The van der Waals surface area contributed by atoms with E-state index in [9.17, 15) is 4.79 Å². The molecule has 1 aliphatic carbocycles. The van der Waals surface area contributed by atoms with E-state index < -0.39 is 0 Å². The number of hydrogen-bond acceptors (Lipinski definition) is 5. The summed E-state index contributed by atoms with van der Waals surface area (Å²) in [5.41, 5.74) is 3.02. The van der Waals surface area contributed by atoms with Crippen molar-refractivity contribution in [1.82, 2.24) is 9.97 Å². The second-order valence-corrected chi connectivity index (χ2v) is 8.53. The van der Waals surface area contributed by atoms with E-state index in [-0.39, 0.29) is 5.56 Å². The highest BCUT2D eigenvalue weighted by Gasteiger charge is 2.20. The maximum atomic E-state index is 12.8. The van der Waals surface area contributed by atoms with E-state index in [1.165, 1.54) is 16.9 Å². The zero-order valence-electron chi connectivity index (χ0n) is 16.7. The molecule has 0 saturated carbocycles. The normalized spacial score (nSPS) is 13.2. The summed E-state index contributed by atoms with van der Waals surface area (Å²) in [6.45, 7) is 0.457. The van der Waals surface area contributed by atoms with Crippen LogP contribution in [0.15, 0.2) is 53.3 Å². The van der Waals surface area contributed by atoms with Crippen molar-refractivity contribution in [2.24, 2.45) is 0 Å². The zero-order chi connectivity index (χ0) is 20.5. The van der Waals surface area contributed by atoms with Crippen molar-refractivity contribution in [1.29, 1.82) is 0 Å². The number of hydrogen-bond donors (Lipinski definition) is 1. The number of aromatic amines is 1. The van der Waals surface area contributed by atoms with Gasteiger partial charge in [-0.3, -0.25) is 4.79 Å². The molecule has 1 aliphatic rings. The van der Waals surface area contributed by atoms with E-state index >= 15 is 0 Å². The predicted molar refractivity (Wildman–Crippen MR) is 120 cm³/mol.